The summed E-state index contributed by atoms with van der Waals surface area (Å²) in [5.41, 5.74) is 3.11. The van der Waals surface area contributed by atoms with E-state index in [1.165, 1.54) is 11.3 Å². The van der Waals surface area contributed by atoms with Crippen molar-refractivity contribution >= 4 is 34.2 Å². The van der Waals surface area contributed by atoms with Gasteiger partial charge < -0.3 is 15.5 Å². The second-order valence-corrected chi connectivity index (χ2v) is 9.59. The summed E-state index contributed by atoms with van der Waals surface area (Å²) >= 11 is 1.25. The van der Waals surface area contributed by atoms with Crippen molar-refractivity contribution in [2.24, 2.45) is 5.92 Å². The molecule has 0 unspecified atom stereocenters. The van der Waals surface area contributed by atoms with Crippen LogP contribution < -0.4 is 10.6 Å². The van der Waals surface area contributed by atoms with Crippen LogP contribution in [0.4, 0.5) is 5.13 Å². The molecule has 3 amide bonds. The van der Waals surface area contributed by atoms with Crippen LogP contribution in [0.15, 0.2) is 54.0 Å². The largest absolute Gasteiger partial charge is 0.355 e. The summed E-state index contributed by atoms with van der Waals surface area (Å²) in [5.74, 6) is -0.446. The van der Waals surface area contributed by atoms with Crippen molar-refractivity contribution in [3.05, 3.63) is 76.6 Å². The van der Waals surface area contributed by atoms with Crippen molar-refractivity contribution in [1.82, 2.24) is 20.2 Å². The molecule has 0 spiro atoms. The van der Waals surface area contributed by atoms with Gasteiger partial charge in [0.15, 0.2) is 5.13 Å². The predicted octanol–water partition coefficient (Wildman–Crippen LogP) is 3.48. The maximum atomic E-state index is 13.0. The SMILES string of the molecule is Cc1ccc(C(=O)N(CC(=O)Nc2nc(CC(=O)NCCc3ccccn3)cs2)CC(C)C)cc1. The number of carbonyl (C=O) groups is 3. The van der Waals surface area contributed by atoms with Crippen LogP contribution in [-0.2, 0) is 22.4 Å². The summed E-state index contributed by atoms with van der Waals surface area (Å²) in [6, 6.07) is 13.0. The van der Waals surface area contributed by atoms with Crippen molar-refractivity contribution in [3.8, 4) is 0 Å². The van der Waals surface area contributed by atoms with Crippen LogP contribution in [0.1, 0.15) is 41.2 Å². The molecule has 0 aliphatic heterocycles. The minimum Gasteiger partial charge on any atom is -0.355 e. The minimum atomic E-state index is -0.327. The number of nitrogens with one attached hydrogen (secondary N) is 2. The van der Waals surface area contributed by atoms with Crippen molar-refractivity contribution in [2.45, 2.75) is 33.6 Å². The molecule has 0 radical (unpaired) electrons. The smallest absolute Gasteiger partial charge is 0.254 e. The zero-order valence-corrected chi connectivity index (χ0v) is 21.1. The summed E-state index contributed by atoms with van der Waals surface area (Å²) < 4.78 is 0. The summed E-state index contributed by atoms with van der Waals surface area (Å²) in [5, 5.41) is 7.76. The lowest BCUT2D eigenvalue weighted by Crippen LogP contribution is -2.40. The third kappa shape index (κ3) is 8.60. The molecule has 3 aromatic rings. The van der Waals surface area contributed by atoms with Crippen molar-refractivity contribution in [3.63, 3.8) is 0 Å². The van der Waals surface area contributed by atoms with E-state index in [9.17, 15) is 14.4 Å². The maximum Gasteiger partial charge on any atom is 0.254 e. The number of aromatic nitrogens is 2. The Hall–Kier alpha value is -3.59. The zero-order valence-electron chi connectivity index (χ0n) is 20.3. The van der Waals surface area contributed by atoms with E-state index in [2.05, 4.69) is 20.6 Å². The first kappa shape index (κ1) is 26.0. The number of thiazole rings is 1. The highest BCUT2D eigenvalue weighted by Gasteiger charge is 2.20. The van der Waals surface area contributed by atoms with Gasteiger partial charge in [-0.15, -0.1) is 11.3 Å². The summed E-state index contributed by atoms with van der Waals surface area (Å²) in [4.78, 5) is 48.0. The van der Waals surface area contributed by atoms with Crippen LogP contribution in [0.5, 0.6) is 0 Å². The van der Waals surface area contributed by atoms with Crippen LogP contribution in [0.3, 0.4) is 0 Å². The number of aryl methyl sites for hydroxylation is 1. The van der Waals surface area contributed by atoms with Crippen LogP contribution >= 0.6 is 11.3 Å². The molecule has 1 aromatic carbocycles. The Morgan fingerprint density at radius 1 is 1.03 bits per heavy atom. The number of nitrogens with zero attached hydrogens (tertiary/aromatic N) is 3. The van der Waals surface area contributed by atoms with Gasteiger partial charge in [0.2, 0.25) is 11.8 Å². The number of hydrogen-bond donors (Lipinski definition) is 2. The van der Waals surface area contributed by atoms with Gasteiger partial charge in [0.05, 0.1) is 12.1 Å². The zero-order chi connectivity index (χ0) is 25.2. The van der Waals surface area contributed by atoms with Crippen LogP contribution in [0.25, 0.3) is 0 Å². The van der Waals surface area contributed by atoms with E-state index in [-0.39, 0.29) is 36.6 Å². The highest BCUT2D eigenvalue weighted by Crippen LogP contribution is 2.16. The second-order valence-electron chi connectivity index (χ2n) is 8.74. The second kappa shape index (κ2) is 12.8. The molecule has 2 heterocycles. The molecule has 2 aromatic heterocycles. The molecular weight excluding hydrogens is 462 g/mol. The molecule has 8 nitrogen and oxygen atoms in total. The van der Waals surface area contributed by atoms with E-state index in [1.807, 2.05) is 51.1 Å². The minimum absolute atomic E-state index is 0.0756. The van der Waals surface area contributed by atoms with E-state index in [1.54, 1.807) is 28.6 Å². The van der Waals surface area contributed by atoms with E-state index in [0.717, 1.165) is 11.3 Å². The van der Waals surface area contributed by atoms with Gasteiger partial charge in [-0.2, -0.15) is 0 Å². The van der Waals surface area contributed by atoms with Gasteiger partial charge in [-0.3, -0.25) is 19.4 Å². The average molecular weight is 494 g/mol. The molecule has 0 atom stereocenters. The fourth-order valence-corrected chi connectivity index (χ4v) is 4.15. The molecule has 184 valence electrons. The average Bonchev–Trinajstić information content (AvgIpc) is 3.25. The van der Waals surface area contributed by atoms with Crippen LogP contribution in [0.2, 0.25) is 0 Å². The van der Waals surface area contributed by atoms with Crippen molar-refractivity contribution in [1.29, 1.82) is 0 Å². The number of anilines is 1. The molecule has 0 aliphatic rings. The molecule has 0 saturated carbocycles. The molecule has 0 bridgehead atoms. The molecule has 0 aliphatic carbocycles. The van der Waals surface area contributed by atoms with Crippen LogP contribution in [-0.4, -0.2) is 52.2 Å². The van der Waals surface area contributed by atoms with Gasteiger partial charge in [0, 0.05) is 42.3 Å². The molecule has 2 N–H and O–H groups in total. The fraction of sp³-hybridized carbons (Fsp3) is 0.346. The Balaban J connectivity index is 1.50. The number of hydrogen-bond acceptors (Lipinski definition) is 6. The Morgan fingerprint density at radius 3 is 2.49 bits per heavy atom. The van der Waals surface area contributed by atoms with Gasteiger partial charge >= 0.3 is 0 Å². The summed E-state index contributed by atoms with van der Waals surface area (Å²) in [7, 11) is 0. The third-order valence-corrected chi connectivity index (χ3v) is 5.88. The molecule has 9 heteroatoms. The molecule has 35 heavy (non-hydrogen) atoms. The number of rotatable bonds is 11. The van der Waals surface area contributed by atoms with Crippen LogP contribution in [0, 0.1) is 12.8 Å². The first-order chi connectivity index (χ1) is 16.8. The Labute approximate surface area is 209 Å². The fourth-order valence-electron chi connectivity index (χ4n) is 3.42. The van der Waals surface area contributed by atoms with Gasteiger partial charge in [-0.1, -0.05) is 37.6 Å². The molecule has 3 rings (SSSR count). The van der Waals surface area contributed by atoms with Crippen molar-refractivity contribution in [2.75, 3.05) is 25.0 Å². The number of pyridine rings is 1. The topological polar surface area (TPSA) is 104 Å². The number of benzene rings is 1. The Bertz CT molecular complexity index is 1130. The first-order valence-corrected chi connectivity index (χ1v) is 12.4. The van der Waals surface area contributed by atoms with Gasteiger partial charge in [-0.25, -0.2) is 4.98 Å². The Kier molecular flexibility index (Phi) is 9.48. The number of amides is 3. The van der Waals surface area contributed by atoms with E-state index in [0.29, 0.717) is 35.9 Å². The Morgan fingerprint density at radius 2 is 1.80 bits per heavy atom. The quantitative estimate of drug-likeness (QED) is 0.426. The summed E-state index contributed by atoms with van der Waals surface area (Å²) in [6.07, 6.45) is 2.50. The maximum absolute atomic E-state index is 13.0. The van der Waals surface area contributed by atoms with Gasteiger partial charge in [0.1, 0.15) is 6.54 Å². The first-order valence-electron chi connectivity index (χ1n) is 11.6. The molecule has 0 fully saturated rings. The van der Waals surface area contributed by atoms with E-state index >= 15 is 0 Å². The van der Waals surface area contributed by atoms with Gasteiger partial charge in [0.25, 0.3) is 5.91 Å². The molecule has 0 saturated heterocycles. The third-order valence-electron chi connectivity index (χ3n) is 5.07. The lowest BCUT2D eigenvalue weighted by molar-refractivity contribution is -0.120. The lowest BCUT2D eigenvalue weighted by Gasteiger charge is -2.24. The highest BCUT2D eigenvalue weighted by atomic mass is 32.1. The predicted molar refractivity (Wildman–Crippen MR) is 137 cm³/mol. The number of carbonyl (C=O) groups excluding carboxylic acids is 3. The standard InChI is InChI=1S/C26H31N5O3S/c1-18(2)15-31(25(34)20-9-7-19(3)8-10-20)16-24(33)30-26-29-22(17-35-26)14-23(32)28-13-11-21-6-4-5-12-27-21/h4-10,12,17-18H,11,13-16H2,1-3H3,(H,28,32)(H,29,30,33). The van der Waals surface area contributed by atoms with Crippen molar-refractivity contribution < 1.29 is 14.4 Å². The highest BCUT2D eigenvalue weighted by molar-refractivity contribution is 7.13. The summed E-state index contributed by atoms with van der Waals surface area (Å²) in [6.45, 7) is 6.84. The van der Waals surface area contributed by atoms with E-state index < -0.39 is 0 Å². The monoisotopic (exact) mass is 493 g/mol. The van der Waals surface area contributed by atoms with E-state index in [4.69, 9.17) is 0 Å². The molecular formula is C26H31N5O3S. The van der Waals surface area contributed by atoms with Gasteiger partial charge in [-0.05, 0) is 37.1 Å². The normalized spacial score (nSPS) is 10.7. The lowest BCUT2D eigenvalue weighted by atomic mass is 10.1.